The van der Waals surface area contributed by atoms with Crippen LogP contribution >= 0.6 is 11.8 Å². The lowest BCUT2D eigenvalue weighted by Gasteiger charge is -2.03. The Morgan fingerprint density at radius 3 is 2.50 bits per heavy atom. The first-order chi connectivity index (χ1) is 13.5. The SMILES string of the molecule is CCOC(=O)C1=C(O)/C(=C\c2ccc([N+](=O)[O-])cc2)SC1=Nc1ccccc1. The lowest BCUT2D eigenvalue weighted by Crippen LogP contribution is -2.12. The quantitative estimate of drug-likeness (QED) is 0.443. The van der Waals surface area contributed by atoms with Gasteiger partial charge in [-0.2, -0.15) is 0 Å². The Bertz CT molecular complexity index is 995. The number of benzene rings is 2. The van der Waals surface area contributed by atoms with Crippen molar-refractivity contribution in [2.45, 2.75) is 6.92 Å². The van der Waals surface area contributed by atoms with Gasteiger partial charge < -0.3 is 9.84 Å². The summed E-state index contributed by atoms with van der Waals surface area (Å²) in [5.74, 6) is -0.884. The molecule has 0 saturated carbocycles. The number of hydrogen-bond donors (Lipinski definition) is 1. The Balaban J connectivity index is 2.00. The molecule has 1 aliphatic rings. The maximum Gasteiger partial charge on any atom is 0.344 e. The Kier molecular flexibility index (Phi) is 5.90. The van der Waals surface area contributed by atoms with Gasteiger partial charge in [0.2, 0.25) is 0 Å². The molecule has 8 heteroatoms. The third kappa shape index (κ3) is 4.29. The fourth-order valence-corrected chi connectivity index (χ4v) is 3.49. The predicted molar refractivity (Wildman–Crippen MR) is 108 cm³/mol. The van der Waals surface area contributed by atoms with Crippen molar-refractivity contribution < 1.29 is 19.6 Å². The molecule has 7 nitrogen and oxygen atoms in total. The first-order valence-corrected chi connectivity index (χ1v) is 9.20. The zero-order chi connectivity index (χ0) is 20.1. The highest BCUT2D eigenvalue weighted by Crippen LogP contribution is 2.40. The molecule has 0 fully saturated rings. The van der Waals surface area contributed by atoms with Gasteiger partial charge in [0.05, 0.1) is 22.1 Å². The number of nitro benzene ring substituents is 1. The van der Waals surface area contributed by atoms with Gasteiger partial charge in [-0.25, -0.2) is 9.79 Å². The molecule has 0 unspecified atom stereocenters. The van der Waals surface area contributed by atoms with Crippen molar-refractivity contribution in [1.29, 1.82) is 0 Å². The molecule has 3 rings (SSSR count). The van der Waals surface area contributed by atoms with Crippen molar-refractivity contribution in [3.63, 3.8) is 0 Å². The highest BCUT2D eigenvalue weighted by molar-refractivity contribution is 8.18. The zero-order valence-corrected chi connectivity index (χ0v) is 15.7. The standard InChI is InChI=1S/C20H16N2O5S/c1-2-27-20(24)17-18(23)16(12-13-8-10-15(11-9-13)22(25)26)28-19(17)21-14-6-4-3-5-7-14/h3-12,23H,2H2,1H3/b16-12+,21-19?. The first-order valence-electron chi connectivity index (χ1n) is 8.38. The summed E-state index contributed by atoms with van der Waals surface area (Å²) < 4.78 is 5.05. The number of nitro groups is 1. The summed E-state index contributed by atoms with van der Waals surface area (Å²) in [6, 6.07) is 14.9. The van der Waals surface area contributed by atoms with E-state index in [0.717, 1.165) is 11.8 Å². The van der Waals surface area contributed by atoms with E-state index in [1.165, 1.54) is 12.1 Å². The third-order valence-electron chi connectivity index (χ3n) is 3.76. The smallest absolute Gasteiger partial charge is 0.344 e. The van der Waals surface area contributed by atoms with Crippen LogP contribution < -0.4 is 0 Å². The summed E-state index contributed by atoms with van der Waals surface area (Å²) in [5, 5.41) is 21.7. The topological polar surface area (TPSA) is 102 Å². The zero-order valence-electron chi connectivity index (χ0n) is 14.9. The molecule has 2 aromatic carbocycles. The van der Waals surface area contributed by atoms with Crippen LogP contribution in [0.3, 0.4) is 0 Å². The molecule has 142 valence electrons. The number of aliphatic hydroxyl groups is 1. The highest BCUT2D eigenvalue weighted by Gasteiger charge is 2.33. The van der Waals surface area contributed by atoms with Gasteiger partial charge in [-0.3, -0.25) is 10.1 Å². The number of carbonyl (C=O) groups is 1. The number of hydrogen-bond acceptors (Lipinski definition) is 7. The van der Waals surface area contributed by atoms with Crippen LogP contribution in [-0.4, -0.2) is 27.6 Å². The minimum absolute atomic E-state index is 0.00358. The number of rotatable bonds is 5. The summed E-state index contributed by atoms with van der Waals surface area (Å²) in [5.41, 5.74) is 1.25. The molecule has 28 heavy (non-hydrogen) atoms. The monoisotopic (exact) mass is 396 g/mol. The molecule has 0 amide bonds. The van der Waals surface area contributed by atoms with Gasteiger partial charge in [0.1, 0.15) is 16.4 Å². The van der Waals surface area contributed by atoms with E-state index < -0.39 is 10.9 Å². The lowest BCUT2D eigenvalue weighted by molar-refractivity contribution is -0.384. The van der Waals surface area contributed by atoms with E-state index in [9.17, 15) is 20.0 Å². The Morgan fingerprint density at radius 1 is 1.21 bits per heavy atom. The second kappa shape index (κ2) is 8.53. The molecule has 0 aromatic heterocycles. The summed E-state index contributed by atoms with van der Waals surface area (Å²) in [6.45, 7) is 1.85. The molecule has 0 saturated heterocycles. The first kappa shape index (κ1) is 19.4. The van der Waals surface area contributed by atoms with E-state index in [4.69, 9.17) is 4.74 Å². The fraction of sp³-hybridized carbons (Fsp3) is 0.100. The van der Waals surface area contributed by atoms with Crippen LogP contribution in [0.4, 0.5) is 11.4 Å². The van der Waals surface area contributed by atoms with E-state index in [2.05, 4.69) is 4.99 Å². The van der Waals surface area contributed by atoms with Crippen LogP contribution in [-0.2, 0) is 9.53 Å². The van der Waals surface area contributed by atoms with E-state index in [1.807, 2.05) is 18.2 Å². The Hall–Kier alpha value is -3.39. The van der Waals surface area contributed by atoms with Crippen molar-refractivity contribution in [3.8, 4) is 0 Å². The average molecular weight is 396 g/mol. The number of nitrogens with zero attached hydrogens (tertiary/aromatic N) is 2. The van der Waals surface area contributed by atoms with Crippen LogP contribution in [0.25, 0.3) is 6.08 Å². The second-order valence-electron chi connectivity index (χ2n) is 5.66. The van der Waals surface area contributed by atoms with Crippen molar-refractivity contribution in [1.82, 2.24) is 0 Å². The normalized spacial score (nSPS) is 16.6. The van der Waals surface area contributed by atoms with Crippen molar-refractivity contribution in [2.24, 2.45) is 4.99 Å². The van der Waals surface area contributed by atoms with Gasteiger partial charge in [0.25, 0.3) is 5.69 Å². The summed E-state index contributed by atoms with van der Waals surface area (Å²) >= 11 is 1.13. The minimum Gasteiger partial charge on any atom is -0.506 e. The summed E-state index contributed by atoms with van der Waals surface area (Å²) in [7, 11) is 0. The predicted octanol–water partition coefficient (Wildman–Crippen LogP) is 4.79. The van der Waals surface area contributed by atoms with Crippen LogP contribution in [0.15, 0.2) is 75.8 Å². The van der Waals surface area contributed by atoms with Crippen LogP contribution in [0.5, 0.6) is 0 Å². The summed E-state index contributed by atoms with van der Waals surface area (Å²) in [6.07, 6.45) is 1.64. The molecule has 1 aliphatic heterocycles. The molecular weight excluding hydrogens is 380 g/mol. The van der Waals surface area contributed by atoms with E-state index in [1.54, 1.807) is 37.3 Å². The number of aliphatic imine (C=N–C) groups is 1. The van der Waals surface area contributed by atoms with Gasteiger partial charge in [-0.15, -0.1) is 0 Å². The molecule has 0 bridgehead atoms. The number of non-ortho nitro benzene ring substituents is 1. The van der Waals surface area contributed by atoms with E-state index in [0.29, 0.717) is 21.2 Å². The Morgan fingerprint density at radius 2 is 1.89 bits per heavy atom. The number of para-hydroxylation sites is 1. The number of thioether (sulfide) groups is 1. The number of esters is 1. The fourth-order valence-electron chi connectivity index (χ4n) is 2.46. The number of carbonyl (C=O) groups excluding carboxylic acids is 1. The molecule has 0 spiro atoms. The minimum atomic E-state index is -0.658. The molecule has 0 atom stereocenters. The number of aliphatic hydroxyl groups excluding tert-OH is 1. The van der Waals surface area contributed by atoms with Crippen LogP contribution in [0.1, 0.15) is 12.5 Å². The average Bonchev–Trinajstić information content (AvgIpc) is 2.98. The largest absolute Gasteiger partial charge is 0.506 e. The second-order valence-corrected chi connectivity index (χ2v) is 6.69. The molecule has 0 radical (unpaired) electrons. The highest BCUT2D eigenvalue weighted by atomic mass is 32.2. The van der Waals surface area contributed by atoms with Crippen LogP contribution in [0, 0.1) is 10.1 Å². The molecule has 1 N–H and O–H groups in total. The van der Waals surface area contributed by atoms with Gasteiger partial charge in [-0.1, -0.05) is 30.0 Å². The van der Waals surface area contributed by atoms with Gasteiger partial charge in [-0.05, 0) is 42.8 Å². The lowest BCUT2D eigenvalue weighted by atomic mass is 10.1. The molecule has 0 aliphatic carbocycles. The van der Waals surface area contributed by atoms with Crippen molar-refractivity contribution in [3.05, 3.63) is 86.5 Å². The Labute approximate surface area is 165 Å². The molecule has 1 heterocycles. The van der Waals surface area contributed by atoms with Gasteiger partial charge in [0, 0.05) is 12.1 Å². The molecular formula is C20H16N2O5S. The molecule has 2 aromatic rings. The van der Waals surface area contributed by atoms with E-state index >= 15 is 0 Å². The van der Waals surface area contributed by atoms with Gasteiger partial charge >= 0.3 is 5.97 Å². The number of ether oxygens (including phenoxy) is 1. The summed E-state index contributed by atoms with van der Waals surface area (Å²) in [4.78, 5) is 27.5. The van der Waals surface area contributed by atoms with Crippen molar-refractivity contribution in [2.75, 3.05) is 6.61 Å². The maximum atomic E-state index is 12.3. The third-order valence-corrected chi connectivity index (χ3v) is 4.78. The van der Waals surface area contributed by atoms with Gasteiger partial charge in [0.15, 0.2) is 0 Å². The van der Waals surface area contributed by atoms with E-state index in [-0.39, 0.29) is 23.6 Å². The van der Waals surface area contributed by atoms with Crippen molar-refractivity contribution >= 4 is 40.2 Å². The van der Waals surface area contributed by atoms with Crippen LogP contribution in [0.2, 0.25) is 0 Å². The maximum absolute atomic E-state index is 12.3.